The van der Waals surface area contributed by atoms with E-state index >= 15 is 0 Å². The van der Waals surface area contributed by atoms with Crippen LogP contribution in [-0.4, -0.2) is 31.1 Å². The zero-order valence-electron chi connectivity index (χ0n) is 14.4. The van der Waals surface area contributed by atoms with E-state index in [1.807, 2.05) is 17.0 Å². The third-order valence-electron chi connectivity index (χ3n) is 4.30. The average molecular weight is 383 g/mol. The fourth-order valence-electron chi connectivity index (χ4n) is 3.09. The van der Waals surface area contributed by atoms with Crippen molar-refractivity contribution in [2.24, 2.45) is 0 Å². The number of rotatable bonds is 6. The SMILES string of the molecule is COC(=O)CN(Cc1ccc(F)c(F)c1)Cc1cccc2c1NCC2.Cl. The van der Waals surface area contributed by atoms with Crippen LogP contribution in [0, 0.1) is 11.6 Å². The van der Waals surface area contributed by atoms with Crippen LogP contribution in [0.1, 0.15) is 16.7 Å². The number of hydrogen-bond acceptors (Lipinski definition) is 4. The van der Waals surface area contributed by atoms with Crippen molar-refractivity contribution in [2.75, 3.05) is 25.5 Å². The van der Waals surface area contributed by atoms with Crippen LogP contribution in [-0.2, 0) is 29.0 Å². The molecule has 26 heavy (non-hydrogen) atoms. The van der Waals surface area contributed by atoms with Crippen LogP contribution in [0.3, 0.4) is 0 Å². The molecule has 4 nitrogen and oxygen atoms in total. The number of benzene rings is 2. The third-order valence-corrected chi connectivity index (χ3v) is 4.30. The molecule has 1 heterocycles. The van der Waals surface area contributed by atoms with E-state index in [4.69, 9.17) is 4.74 Å². The van der Waals surface area contributed by atoms with Gasteiger partial charge in [0.15, 0.2) is 11.6 Å². The molecule has 0 fully saturated rings. The summed E-state index contributed by atoms with van der Waals surface area (Å²) in [5.41, 5.74) is 4.02. The Labute approximate surface area is 157 Å². The molecular weight excluding hydrogens is 362 g/mol. The van der Waals surface area contributed by atoms with Gasteiger partial charge in [0.25, 0.3) is 0 Å². The van der Waals surface area contributed by atoms with E-state index in [0.29, 0.717) is 18.7 Å². The maximum absolute atomic E-state index is 13.5. The predicted molar refractivity (Wildman–Crippen MR) is 98.4 cm³/mol. The molecule has 0 unspecified atom stereocenters. The smallest absolute Gasteiger partial charge is 0.319 e. The molecule has 1 N–H and O–H groups in total. The van der Waals surface area contributed by atoms with Crippen molar-refractivity contribution < 1.29 is 18.3 Å². The third kappa shape index (κ3) is 4.71. The first-order chi connectivity index (χ1) is 12.1. The molecule has 2 aromatic rings. The number of anilines is 1. The molecule has 0 spiro atoms. The maximum atomic E-state index is 13.5. The van der Waals surface area contributed by atoms with Crippen LogP contribution >= 0.6 is 12.4 Å². The number of nitrogens with one attached hydrogen (secondary N) is 1. The summed E-state index contributed by atoms with van der Waals surface area (Å²) in [7, 11) is 1.33. The molecule has 0 aliphatic carbocycles. The van der Waals surface area contributed by atoms with Gasteiger partial charge in [-0.05, 0) is 35.2 Å². The van der Waals surface area contributed by atoms with Crippen LogP contribution in [0.4, 0.5) is 14.5 Å². The quantitative estimate of drug-likeness (QED) is 0.776. The Morgan fingerprint density at radius 2 is 2.00 bits per heavy atom. The van der Waals surface area contributed by atoms with Crippen LogP contribution in [0.15, 0.2) is 36.4 Å². The molecular formula is C19H21ClF2N2O2. The summed E-state index contributed by atoms with van der Waals surface area (Å²) >= 11 is 0. The van der Waals surface area contributed by atoms with Crippen molar-refractivity contribution in [3.63, 3.8) is 0 Å². The van der Waals surface area contributed by atoms with E-state index < -0.39 is 11.6 Å². The van der Waals surface area contributed by atoms with E-state index in [1.165, 1.54) is 18.7 Å². The van der Waals surface area contributed by atoms with Gasteiger partial charge in [-0.25, -0.2) is 8.78 Å². The minimum Gasteiger partial charge on any atom is -0.468 e. The minimum atomic E-state index is -0.891. The number of para-hydroxylation sites is 1. The molecule has 1 aliphatic heterocycles. The fraction of sp³-hybridized carbons (Fsp3) is 0.316. The van der Waals surface area contributed by atoms with Crippen molar-refractivity contribution in [3.05, 3.63) is 64.7 Å². The second kappa shape index (κ2) is 8.96. The monoisotopic (exact) mass is 382 g/mol. The van der Waals surface area contributed by atoms with E-state index in [9.17, 15) is 13.6 Å². The second-order valence-corrected chi connectivity index (χ2v) is 6.10. The van der Waals surface area contributed by atoms with E-state index in [-0.39, 0.29) is 24.9 Å². The topological polar surface area (TPSA) is 41.6 Å². The van der Waals surface area contributed by atoms with Crippen molar-refractivity contribution in [3.8, 4) is 0 Å². The highest BCUT2D eigenvalue weighted by atomic mass is 35.5. The number of carbonyl (C=O) groups excluding carboxylic acids is 1. The number of halogens is 3. The molecule has 7 heteroatoms. The molecule has 3 rings (SSSR count). The number of fused-ring (bicyclic) bond motifs is 1. The highest BCUT2D eigenvalue weighted by Crippen LogP contribution is 2.27. The van der Waals surface area contributed by atoms with Gasteiger partial charge >= 0.3 is 5.97 Å². The number of carbonyl (C=O) groups is 1. The maximum Gasteiger partial charge on any atom is 0.319 e. The molecule has 0 atom stereocenters. The highest BCUT2D eigenvalue weighted by molar-refractivity contribution is 5.85. The molecule has 0 saturated carbocycles. The Morgan fingerprint density at radius 1 is 1.19 bits per heavy atom. The van der Waals surface area contributed by atoms with Gasteiger partial charge in [0.2, 0.25) is 0 Å². The highest BCUT2D eigenvalue weighted by Gasteiger charge is 2.18. The fourth-order valence-corrected chi connectivity index (χ4v) is 3.09. The Morgan fingerprint density at radius 3 is 2.73 bits per heavy atom. The summed E-state index contributed by atoms with van der Waals surface area (Å²) in [5.74, 6) is -2.14. The summed E-state index contributed by atoms with van der Waals surface area (Å²) in [6.45, 7) is 1.78. The average Bonchev–Trinajstić information content (AvgIpc) is 3.08. The van der Waals surface area contributed by atoms with Gasteiger partial charge in [-0.3, -0.25) is 9.69 Å². The summed E-state index contributed by atoms with van der Waals surface area (Å²) in [6, 6.07) is 9.87. The molecule has 0 bridgehead atoms. The van der Waals surface area contributed by atoms with Gasteiger partial charge in [0.05, 0.1) is 13.7 Å². The van der Waals surface area contributed by atoms with Gasteiger partial charge < -0.3 is 10.1 Å². The van der Waals surface area contributed by atoms with Crippen LogP contribution in [0.25, 0.3) is 0 Å². The van der Waals surface area contributed by atoms with Crippen molar-refractivity contribution >= 4 is 24.1 Å². The summed E-state index contributed by atoms with van der Waals surface area (Å²) in [5, 5.41) is 3.37. The first kappa shape index (κ1) is 20.1. The second-order valence-electron chi connectivity index (χ2n) is 6.10. The lowest BCUT2D eigenvalue weighted by molar-refractivity contribution is -0.142. The Balaban J connectivity index is 0.00000243. The van der Waals surface area contributed by atoms with Gasteiger partial charge in [0, 0.05) is 25.3 Å². The number of hydrogen-bond donors (Lipinski definition) is 1. The van der Waals surface area contributed by atoms with Crippen LogP contribution in [0.5, 0.6) is 0 Å². The van der Waals surface area contributed by atoms with Crippen LogP contribution in [0.2, 0.25) is 0 Å². The van der Waals surface area contributed by atoms with E-state index in [2.05, 4.69) is 11.4 Å². The lowest BCUT2D eigenvalue weighted by atomic mass is 10.1. The predicted octanol–water partition coefficient (Wildman–Crippen LogP) is 3.53. The Hall–Kier alpha value is -2.18. The zero-order chi connectivity index (χ0) is 17.8. The molecule has 0 radical (unpaired) electrons. The lowest BCUT2D eigenvalue weighted by Crippen LogP contribution is -2.30. The van der Waals surface area contributed by atoms with E-state index in [0.717, 1.165) is 36.3 Å². The summed E-state index contributed by atoms with van der Waals surface area (Å²) < 4.78 is 31.4. The Bertz CT molecular complexity index is 786. The molecule has 140 valence electrons. The number of esters is 1. The molecule has 0 aromatic heterocycles. The number of nitrogens with zero attached hydrogens (tertiary/aromatic N) is 1. The van der Waals surface area contributed by atoms with Gasteiger partial charge in [0.1, 0.15) is 0 Å². The molecule has 0 saturated heterocycles. The van der Waals surface area contributed by atoms with E-state index in [1.54, 1.807) is 0 Å². The molecule has 0 amide bonds. The Kier molecular flexibility index (Phi) is 6.94. The normalized spacial score (nSPS) is 12.3. The lowest BCUT2D eigenvalue weighted by Gasteiger charge is -2.22. The minimum absolute atomic E-state index is 0. The van der Waals surface area contributed by atoms with Gasteiger partial charge in [-0.2, -0.15) is 0 Å². The van der Waals surface area contributed by atoms with Gasteiger partial charge in [-0.1, -0.05) is 24.3 Å². The molecule has 2 aromatic carbocycles. The number of methoxy groups -OCH3 is 1. The number of ether oxygens (including phenoxy) is 1. The first-order valence-corrected chi connectivity index (χ1v) is 8.14. The van der Waals surface area contributed by atoms with Crippen LogP contribution < -0.4 is 5.32 Å². The summed E-state index contributed by atoms with van der Waals surface area (Å²) in [6.07, 6.45) is 0.976. The van der Waals surface area contributed by atoms with Crippen molar-refractivity contribution in [1.82, 2.24) is 4.90 Å². The standard InChI is InChI=1S/C19H20F2N2O2.ClH/c1-25-18(24)12-23(10-13-5-6-16(20)17(21)9-13)11-15-4-2-3-14-7-8-22-19(14)15;/h2-6,9,22H,7-8,10-12H2,1H3;1H. The first-order valence-electron chi connectivity index (χ1n) is 8.14. The molecule has 1 aliphatic rings. The van der Waals surface area contributed by atoms with Gasteiger partial charge in [-0.15, -0.1) is 12.4 Å². The zero-order valence-corrected chi connectivity index (χ0v) is 15.2. The van der Waals surface area contributed by atoms with Crippen molar-refractivity contribution in [2.45, 2.75) is 19.5 Å². The summed E-state index contributed by atoms with van der Waals surface area (Å²) in [4.78, 5) is 13.6. The van der Waals surface area contributed by atoms with Crippen molar-refractivity contribution in [1.29, 1.82) is 0 Å². The largest absolute Gasteiger partial charge is 0.468 e.